The zero-order valence-electron chi connectivity index (χ0n) is 37.5. The third-order valence-corrected chi connectivity index (χ3v) is 13.3. The van der Waals surface area contributed by atoms with Gasteiger partial charge in [0.2, 0.25) is 5.95 Å². The number of aryl methyl sites for hydroxylation is 1. The van der Waals surface area contributed by atoms with Crippen LogP contribution in [-0.4, -0.2) is 105 Å². The van der Waals surface area contributed by atoms with E-state index in [1.807, 2.05) is 44.1 Å². The molecule has 3 atom stereocenters. The van der Waals surface area contributed by atoms with Gasteiger partial charge in [-0.05, 0) is 102 Å². The van der Waals surface area contributed by atoms with Gasteiger partial charge in [-0.25, -0.2) is 14.8 Å². The zero-order chi connectivity index (χ0) is 43.9. The second-order valence-corrected chi connectivity index (χ2v) is 18.8. The fraction of sp³-hybridized carbons (Fsp3) is 0.451. The largest absolute Gasteiger partial charge is 0.444 e. The van der Waals surface area contributed by atoms with Gasteiger partial charge in [-0.1, -0.05) is 66.7 Å². The molecular formula is C51H61N7O5. The topological polar surface area (TPSA) is 118 Å². The highest BCUT2D eigenvalue weighted by atomic mass is 16.7. The van der Waals surface area contributed by atoms with Crippen LogP contribution in [0.25, 0.3) is 32.9 Å². The highest BCUT2D eigenvalue weighted by molar-refractivity contribution is 5.97. The standard InChI is InChI=1S/C51H61N7O5/c1-34-31-58(49(60)63-50(3,4)5)35(2)30-57(34)39-23-26-56(27-24-39)48-53-43-21-20-36(42-32-55(6)47(59)45-40(42)22-25-52-45)29-41(43)46(54-48)51(37-15-9-7-10-16-37,38-17-11-8-12-18-38)33-62-44-19-13-14-28-61-44/h7-12,15-18,20-22,25,29,32,34-35,39,44,52H,13-14,19,23-24,26-28,30-31,33H2,1-6H3/t34-,35+,44?/m0/s1. The Bertz CT molecular complexity index is 2570. The van der Waals surface area contributed by atoms with Gasteiger partial charge in [0, 0.05) is 86.7 Å². The van der Waals surface area contributed by atoms with E-state index in [1.165, 1.54) is 0 Å². The molecule has 3 fully saturated rings. The number of pyridine rings is 1. The molecule has 6 heterocycles. The van der Waals surface area contributed by atoms with Gasteiger partial charge in [-0.15, -0.1) is 0 Å². The molecule has 0 spiro atoms. The maximum absolute atomic E-state index is 13.2. The smallest absolute Gasteiger partial charge is 0.410 e. The molecule has 63 heavy (non-hydrogen) atoms. The molecule has 1 unspecified atom stereocenters. The zero-order valence-corrected chi connectivity index (χ0v) is 37.5. The number of piperidine rings is 1. The number of nitrogens with one attached hydrogen (secondary N) is 1. The fourth-order valence-corrected chi connectivity index (χ4v) is 10.1. The van der Waals surface area contributed by atoms with Crippen molar-refractivity contribution in [3.63, 3.8) is 0 Å². The maximum Gasteiger partial charge on any atom is 0.410 e. The Morgan fingerprint density at radius 1 is 0.857 bits per heavy atom. The van der Waals surface area contributed by atoms with E-state index in [2.05, 4.69) is 107 Å². The average Bonchev–Trinajstić information content (AvgIpc) is 3.79. The second kappa shape index (κ2) is 17.5. The quantitative estimate of drug-likeness (QED) is 0.153. The molecule has 0 saturated carbocycles. The highest BCUT2D eigenvalue weighted by Crippen LogP contribution is 2.44. The number of fused-ring (bicyclic) bond motifs is 2. The van der Waals surface area contributed by atoms with Crippen molar-refractivity contribution in [2.45, 2.75) is 102 Å². The number of rotatable bonds is 9. The van der Waals surface area contributed by atoms with Gasteiger partial charge in [-0.2, -0.15) is 0 Å². The van der Waals surface area contributed by atoms with E-state index in [0.717, 1.165) is 96.0 Å². The summed E-state index contributed by atoms with van der Waals surface area (Å²) in [7, 11) is 1.79. The Morgan fingerprint density at radius 3 is 2.24 bits per heavy atom. The lowest BCUT2D eigenvalue weighted by Gasteiger charge is -2.49. The molecule has 0 radical (unpaired) electrons. The summed E-state index contributed by atoms with van der Waals surface area (Å²) in [5.74, 6) is 0.695. The minimum absolute atomic E-state index is 0.0461. The molecule has 12 heteroatoms. The van der Waals surface area contributed by atoms with Crippen LogP contribution in [-0.2, 0) is 26.7 Å². The van der Waals surface area contributed by atoms with Gasteiger partial charge >= 0.3 is 6.09 Å². The van der Waals surface area contributed by atoms with E-state index < -0.39 is 11.0 Å². The Hall–Kier alpha value is -5.56. The summed E-state index contributed by atoms with van der Waals surface area (Å²) in [6.45, 7) is 14.1. The number of hydrogen-bond acceptors (Lipinski definition) is 9. The monoisotopic (exact) mass is 851 g/mol. The molecule has 330 valence electrons. The number of nitrogens with zero attached hydrogens (tertiary/aromatic N) is 6. The Balaban J connectivity index is 1.13. The minimum Gasteiger partial charge on any atom is -0.444 e. The van der Waals surface area contributed by atoms with Crippen LogP contribution < -0.4 is 10.5 Å². The highest BCUT2D eigenvalue weighted by Gasteiger charge is 2.43. The van der Waals surface area contributed by atoms with E-state index in [-0.39, 0.29) is 30.0 Å². The maximum atomic E-state index is 13.2. The van der Waals surface area contributed by atoms with E-state index in [1.54, 1.807) is 11.6 Å². The number of carbonyl (C=O) groups is 1. The van der Waals surface area contributed by atoms with Crippen molar-refractivity contribution in [2.75, 3.05) is 44.3 Å². The summed E-state index contributed by atoms with van der Waals surface area (Å²) in [5.41, 5.74) is 4.83. The summed E-state index contributed by atoms with van der Waals surface area (Å²) in [4.78, 5) is 47.4. The van der Waals surface area contributed by atoms with Crippen LogP contribution >= 0.6 is 0 Å². The molecule has 3 saturated heterocycles. The lowest BCUT2D eigenvalue weighted by Crippen LogP contribution is -2.62. The first-order valence-electron chi connectivity index (χ1n) is 22.7. The van der Waals surface area contributed by atoms with Crippen molar-refractivity contribution in [3.8, 4) is 11.1 Å². The molecule has 0 aliphatic carbocycles. The van der Waals surface area contributed by atoms with Crippen LogP contribution in [0, 0.1) is 0 Å². The molecule has 6 aromatic rings. The number of piperazine rings is 1. The predicted octanol–water partition coefficient (Wildman–Crippen LogP) is 8.65. The first kappa shape index (κ1) is 42.7. The normalized spacial score (nSPS) is 20.7. The van der Waals surface area contributed by atoms with Gasteiger partial charge in [-0.3, -0.25) is 9.69 Å². The second-order valence-electron chi connectivity index (χ2n) is 18.8. The van der Waals surface area contributed by atoms with Gasteiger partial charge in [0.1, 0.15) is 11.1 Å². The third-order valence-electron chi connectivity index (χ3n) is 13.3. The molecule has 3 aromatic heterocycles. The van der Waals surface area contributed by atoms with Crippen LogP contribution in [0.15, 0.2) is 102 Å². The summed E-state index contributed by atoms with van der Waals surface area (Å²) in [5, 5.41) is 1.78. The van der Waals surface area contributed by atoms with Gasteiger partial charge < -0.3 is 33.6 Å². The Labute approximate surface area is 370 Å². The summed E-state index contributed by atoms with van der Waals surface area (Å²) in [6, 6.07) is 30.2. The lowest BCUT2D eigenvalue weighted by atomic mass is 9.71. The molecular weight excluding hydrogens is 791 g/mol. The summed E-state index contributed by atoms with van der Waals surface area (Å²) >= 11 is 0. The number of carbonyl (C=O) groups excluding carboxylic acids is 1. The van der Waals surface area contributed by atoms with Crippen molar-refractivity contribution < 1.29 is 19.0 Å². The van der Waals surface area contributed by atoms with Crippen molar-refractivity contribution in [3.05, 3.63) is 124 Å². The number of amides is 1. The molecule has 1 N–H and O–H groups in total. The number of hydrogen-bond donors (Lipinski definition) is 1. The summed E-state index contributed by atoms with van der Waals surface area (Å²) < 4.78 is 20.5. The first-order chi connectivity index (χ1) is 30.4. The van der Waals surface area contributed by atoms with Crippen LogP contribution in [0.5, 0.6) is 0 Å². The van der Waals surface area contributed by atoms with Crippen LogP contribution in [0.4, 0.5) is 10.7 Å². The van der Waals surface area contributed by atoms with E-state index in [0.29, 0.717) is 37.3 Å². The SMILES string of the molecule is C[C@@H]1CN(C2CCN(c3nc(C(COC4CCCCO4)(c4ccccc4)c4ccccc4)c4cc(-c5cn(C)c(=O)c6[nH]ccc56)ccc4n3)CC2)[C@@H](C)CN1C(=O)OC(C)(C)C. The van der Waals surface area contributed by atoms with E-state index in [9.17, 15) is 9.59 Å². The molecule has 1 amide bonds. The summed E-state index contributed by atoms with van der Waals surface area (Å²) in [6.07, 6.45) is 8.00. The van der Waals surface area contributed by atoms with Crippen LogP contribution in [0.2, 0.25) is 0 Å². The first-order valence-corrected chi connectivity index (χ1v) is 22.7. The average molecular weight is 852 g/mol. The van der Waals surface area contributed by atoms with Gasteiger partial charge in [0.05, 0.1) is 23.2 Å². The number of H-pyrrole nitrogens is 1. The molecule has 3 aromatic carbocycles. The third kappa shape index (κ3) is 8.48. The van der Waals surface area contributed by atoms with Crippen molar-refractivity contribution in [1.82, 2.24) is 29.3 Å². The molecule has 0 bridgehead atoms. The van der Waals surface area contributed by atoms with E-state index in [4.69, 9.17) is 24.2 Å². The van der Waals surface area contributed by atoms with Crippen molar-refractivity contribution >= 4 is 33.8 Å². The van der Waals surface area contributed by atoms with Crippen molar-refractivity contribution in [2.24, 2.45) is 7.05 Å². The predicted molar refractivity (Wildman–Crippen MR) is 248 cm³/mol. The Morgan fingerprint density at radius 2 is 1.57 bits per heavy atom. The van der Waals surface area contributed by atoms with Crippen molar-refractivity contribution in [1.29, 1.82) is 0 Å². The molecule has 9 rings (SSSR count). The molecule has 3 aliphatic heterocycles. The molecule has 12 nitrogen and oxygen atoms in total. The number of anilines is 1. The van der Waals surface area contributed by atoms with E-state index >= 15 is 0 Å². The molecule has 3 aliphatic rings. The number of ether oxygens (including phenoxy) is 3. The Kier molecular flexibility index (Phi) is 11.9. The number of aromatic amines is 1. The number of aromatic nitrogens is 4. The van der Waals surface area contributed by atoms with Crippen LogP contribution in [0.3, 0.4) is 0 Å². The van der Waals surface area contributed by atoms with Gasteiger partial charge in [0.25, 0.3) is 5.56 Å². The van der Waals surface area contributed by atoms with Crippen LogP contribution in [0.1, 0.15) is 83.5 Å². The number of benzene rings is 3. The van der Waals surface area contributed by atoms with Gasteiger partial charge in [0.15, 0.2) is 6.29 Å². The minimum atomic E-state index is -0.859. The fourth-order valence-electron chi connectivity index (χ4n) is 10.1. The lowest BCUT2D eigenvalue weighted by molar-refractivity contribution is -0.167.